The standard InChI is InChI=1S/C19H17F6N7/c20-18(21,22)11-32-15-12(7-28-32)6-27-16(29-15)30-4-2-17(8-30)9-31(10-17)13-1-3-26-14(5-13)19(23,24)25/h1,3,5-7H,2,4,8-11H2. The minimum atomic E-state index is -4.50. The van der Waals surface area contributed by atoms with E-state index in [9.17, 15) is 26.3 Å². The number of pyridine rings is 1. The van der Waals surface area contributed by atoms with Gasteiger partial charge in [-0.05, 0) is 18.6 Å². The molecule has 2 aliphatic heterocycles. The van der Waals surface area contributed by atoms with Gasteiger partial charge < -0.3 is 9.80 Å². The van der Waals surface area contributed by atoms with Crippen LogP contribution in [0.4, 0.5) is 38.0 Å². The minimum Gasteiger partial charge on any atom is -0.370 e. The van der Waals surface area contributed by atoms with Crippen molar-refractivity contribution in [3.63, 3.8) is 0 Å². The molecule has 0 radical (unpaired) electrons. The average molecular weight is 457 g/mol. The summed E-state index contributed by atoms with van der Waals surface area (Å²) in [6.07, 6.45) is -4.25. The fraction of sp³-hybridized carbons (Fsp3) is 0.474. The van der Waals surface area contributed by atoms with Gasteiger partial charge in [-0.3, -0.25) is 4.98 Å². The molecule has 2 fully saturated rings. The quantitative estimate of drug-likeness (QED) is 0.561. The van der Waals surface area contributed by atoms with Crippen molar-refractivity contribution in [2.75, 3.05) is 36.0 Å². The van der Waals surface area contributed by atoms with Crippen molar-refractivity contribution in [1.29, 1.82) is 0 Å². The maximum atomic E-state index is 12.9. The van der Waals surface area contributed by atoms with Crippen molar-refractivity contribution in [3.8, 4) is 0 Å². The Hall–Kier alpha value is -3.12. The van der Waals surface area contributed by atoms with Gasteiger partial charge in [0.25, 0.3) is 0 Å². The van der Waals surface area contributed by atoms with Crippen LogP contribution in [0.25, 0.3) is 11.0 Å². The van der Waals surface area contributed by atoms with E-state index in [1.54, 1.807) is 6.07 Å². The zero-order valence-corrected chi connectivity index (χ0v) is 16.5. The van der Waals surface area contributed by atoms with Gasteiger partial charge in [-0.1, -0.05) is 0 Å². The number of halogens is 6. The number of nitrogens with zero attached hydrogens (tertiary/aromatic N) is 7. The van der Waals surface area contributed by atoms with Crippen molar-refractivity contribution in [1.82, 2.24) is 24.7 Å². The first-order valence-corrected chi connectivity index (χ1v) is 9.80. The second-order valence-corrected chi connectivity index (χ2v) is 8.29. The first-order valence-electron chi connectivity index (χ1n) is 9.80. The predicted octanol–water partition coefficient (Wildman–Crippen LogP) is 3.52. The van der Waals surface area contributed by atoms with E-state index in [0.717, 1.165) is 23.4 Å². The van der Waals surface area contributed by atoms with Crippen LogP contribution in [0.5, 0.6) is 0 Å². The van der Waals surface area contributed by atoms with E-state index >= 15 is 0 Å². The van der Waals surface area contributed by atoms with Crippen LogP contribution in [0.15, 0.2) is 30.7 Å². The Balaban J connectivity index is 1.30. The SMILES string of the molecule is FC(F)(F)Cn1ncc2cnc(N3CCC4(CN(c5ccnc(C(F)(F)F)c5)C4)C3)nc21. The summed E-state index contributed by atoms with van der Waals surface area (Å²) in [5, 5.41) is 4.17. The largest absolute Gasteiger partial charge is 0.433 e. The summed E-state index contributed by atoms with van der Waals surface area (Å²) >= 11 is 0. The number of fused-ring (bicyclic) bond motifs is 1. The minimum absolute atomic E-state index is 0.111. The molecule has 0 aliphatic carbocycles. The zero-order valence-electron chi connectivity index (χ0n) is 16.5. The van der Waals surface area contributed by atoms with Crippen molar-refractivity contribution < 1.29 is 26.3 Å². The van der Waals surface area contributed by atoms with Gasteiger partial charge in [-0.15, -0.1) is 0 Å². The molecular weight excluding hydrogens is 440 g/mol. The molecule has 0 saturated carbocycles. The summed E-state index contributed by atoms with van der Waals surface area (Å²) in [6, 6.07) is 2.59. The first kappa shape index (κ1) is 20.8. The fourth-order valence-electron chi connectivity index (χ4n) is 4.38. The summed E-state index contributed by atoms with van der Waals surface area (Å²) in [5.41, 5.74) is -0.488. The van der Waals surface area contributed by atoms with Gasteiger partial charge in [0.15, 0.2) is 5.65 Å². The maximum Gasteiger partial charge on any atom is 0.433 e. The molecule has 1 spiro atoms. The molecular formula is C19H17F6N7. The van der Waals surface area contributed by atoms with E-state index in [2.05, 4.69) is 20.1 Å². The van der Waals surface area contributed by atoms with Crippen molar-refractivity contribution >= 4 is 22.7 Å². The lowest BCUT2D eigenvalue weighted by molar-refractivity contribution is -0.142. The van der Waals surface area contributed by atoms with E-state index in [-0.39, 0.29) is 11.1 Å². The zero-order chi connectivity index (χ0) is 22.7. The highest BCUT2D eigenvalue weighted by atomic mass is 19.4. The van der Waals surface area contributed by atoms with Crippen LogP contribution in [-0.4, -0.2) is 57.1 Å². The van der Waals surface area contributed by atoms with Crippen LogP contribution < -0.4 is 9.80 Å². The van der Waals surface area contributed by atoms with E-state index in [4.69, 9.17) is 0 Å². The Morgan fingerprint density at radius 1 is 0.969 bits per heavy atom. The molecule has 32 heavy (non-hydrogen) atoms. The van der Waals surface area contributed by atoms with Crippen LogP contribution in [0.1, 0.15) is 12.1 Å². The van der Waals surface area contributed by atoms with Gasteiger partial charge in [-0.2, -0.15) is 36.4 Å². The van der Waals surface area contributed by atoms with Gasteiger partial charge in [-0.25, -0.2) is 9.67 Å². The van der Waals surface area contributed by atoms with Crippen LogP contribution in [-0.2, 0) is 12.7 Å². The topological polar surface area (TPSA) is 63.0 Å². The van der Waals surface area contributed by atoms with Crippen molar-refractivity contribution in [2.24, 2.45) is 5.41 Å². The molecule has 0 bridgehead atoms. The maximum absolute atomic E-state index is 12.9. The molecule has 2 aliphatic rings. The third kappa shape index (κ3) is 3.79. The highest BCUT2D eigenvalue weighted by Gasteiger charge is 2.48. The fourth-order valence-corrected chi connectivity index (χ4v) is 4.38. The van der Waals surface area contributed by atoms with Crippen molar-refractivity contribution in [3.05, 3.63) is 36.4 Å². The summed E-state index contributed by atoms with van der Waals surface area (Å²) < 4.78 is 77.9. The van der Waals surface area contributed by atoms with Crippen LogP contribution in [0.2, 0.25) is 0 Å². The van der Waals surface area contributed by atoms with Gasteiger partial charge >= 0.3 is 12.4 Å². The summed E-state index contributed by atoms with van der Waals surface area (Å²) in [6.45, 7) is 1.08. The summed E-state index contributed by atoms with van der Waals surface area (Å²) in [5.74, 6) is 0.319. The molecule has 7 nitrogen and oxygen atoms in total. The highest BCUT2D eigenvalue weighted by molar-refractivity contribution is 5.74. The molecule has 3 aromatic rings. The van der Waals surface area contributed by atoms with Gasteiger partial charge in [0, 0.05) is 49.7 Å². The Bertz CT molecular complexity index is 1150. The number of anilines is 2. The van der Waals surface area contributed by atoms with Gasteiger partial charge in [0.2, 0.25) is 5.95 Å². The summed E-state index contributed by atoms with van der Waals surface area (Å²) in [7, 11) is 0. The van der Waals surface area contributed by atoms with E-state index < -0.39 is 24.6 Å². The lowest BCUT2D eigenvalue weighted by Gasteiger charge is -2.49. The van der Waals surface area contributed by atoms with E-state index in [0.29, 0.717) is 43.2 Å². The number of rotatable bonds is 3. The number of aromatic nitrogens is 5. The van der Waals surface area contributed by atoms with Crippen molar-refractivity contribution in [2.45, 2.75) is 25.3 Å². The van der Waals surface area contributed by atoms with Gasteiger partial charge in [0.05, 0.1) is 11.6 Å². The first-order chi connectivity index (χ1) is 15.0. The van der Waals surface area contributed by atoms with E-state index in [1.807, 2.05) is 9.80 Å². The number of hydrogen-bond donors (Lipinski definition) is 0. The lowest BCUT2D eigenvalue weighted by Crippen LogP contribution is -2.57. The Morgan fingerprint density at radius 3 is 2.44 bits per heavy atom. The molecule has 13 heteroatoms. The smallest absolute Gasteiger partial charge is 0.370 e. The molecule has 3 aromatic heterocycles. The monoisotopic (exact) mass is 457 g/mol. The molecule has 2 saturated heterocycles. The van der Waals surface area contributed by atoms with Crippen LogP contribution in [0.3, 0.4) is 0 Å². The van der Waals surface area contributed by atoms with E-state index in [1.165, 1.54) is 12.4 Å². The second kappa shape index (κ2) is 6.94. The summed E-state index contributed by atoms with van der Waals surface area (Å²) in [4.78, 5) is 15.7. The Morgan fingerprint density at radius 2 is 1.72 bits per heavy atom. The van der Waals surface area contributed by atoms with Crippen LogP contribution >= 0.6 is 0 Å². The molecule has 0 unspecified atom stereocenters. The molecule has 170 valence electrons. The second-order valence-electron chi connectivity index (χ2n) is 8.29. The average Bonchev–Trinajstić information content (AvgIpc) is 3.30. The molecule has 5 rings (SSSR count). The third-order valence-electron chi connectivity index (χ3n) is 5.87. The molecule has 5 heterocycles. The Labute approximate surface area is 177 Å². The molecule has 0 amide bonds. The number of hydrogen-bond acceptors (Lipinski definition) is 6. The predicted molar refractivity (Wildman–Crippen MR) is 102 cm³/mol. The normalized spacial score (nSPS) is 18.6. The molecule has 0 aromatic carbocycles. The van der Waals surface area contributed by atoms with Crippen LogP contribution in [0, 0.1) is 5.41 Å². The molecule has 0 atom stereocenters. The number of alkyl halides is 6. The highest BCUT2D eigenvalue weighted by Crippen LogP contribution is 2.43. The third-order valence-corrected chi connectivity index (χ3v) is 5.87. The molecule has 0 N–H and O–H groups in total. The lowest BCUT2D eigenvalue weighted by atomic mass is 9.79. The Kier molecular flexibility index (Phi) is 4.50. The van der Waals surface area contributed by atoms with Gasteiger partial charge in [0.1, 0.15) is 12.2 Å².